The number of hydrogen-bond acceptors (Lipinski definition) is 4. The summed E-state index contributed by atoms with van der Waals surface area (Å²) in [7, 11) is 1.64. The molecule has 1 heterocycles. The number of hydrogen-bond donors (Lipinski definition) is 1. The van der Waals surface area contributed by atoms with Crippen molar-refractivity contribution in [2.75, 3.05) is 26.9 Å². The van der Waals surface area contributed by atoms with Crippen LogP contribution >= 0.6 is 11.6 Å². The lowest BCUT2D eigenvalue weighted by Gasteiger charge is -2.36. The van der Waals surface area contributed by atoms with E-state index in [-0.39, 0.29) is 5.60 Å². The topological polar surface area (TPSA) is 53.7 Å². The second-order valence-electron chi connectivity index (χ2n) is 4.74. The first-order valence-corrected chi connectivity index (χ1v) is 6.81. The molecule has 0 atom stereocenters. The second-order valence-corrected chi connectivity index (χ2v) is 5.18. The van der Waals surface area contributed by atoms with E-state index in [1.54, 1.807) is 13.2 Å². The van der Waals surface area contributed by atoms with E-state index in [4.69, 9.17) is 31.5 Å². The van der Waals surface area contributed by atoms with Crippen LogP contribution in [0, 0.1) is 0 Å². The van der Waals surface area contributed by atoms with E-state index in [1.807, 2.05) is 12.1 Å². The Balaban J connectivity index is 2.06. The van der Waals surface area contributed by atoms with Crippen LogP contribution in [0.2, 0.25) is 5.02 Å². The first-order chi connectivity index (χ1) is 9.19. The smallest absolute Gasteiger partial charge is 0.124 e. The van der Waals surface area contributed by atoms with Crippen LogP contribution in [0.4, 0.5) is 0 Å². The molecular weight excluding hydrogens is 266 g/mol. The summed E-state index contributed by atoms with van der Waals surface area (Å²) in [6, 6.07) is 5.51. The molecule has 0 aromatic heterocycles. The molecule has 0 bridgehead atoms. The molecule has 1 aliphatic rings. The van der Waals surface area contributed by atoms with Gasteiger partial charge in [-0.1, -0.05) is 11.6 Å². The highest BCUT2D eigenvalue weighted by Gasteiger charge is 2.32. The Kier molecular flexibility index (Phi) is 5.05. The molecule has 0 amide bonds. The Morgan fingerprint density at radius 2 is 2.11 bits per heavy atom. The maximum absolute atomic E-state index is 6.06. The summed E-state index contributed by atoms with van der Waals surface area (Å²) < 4.78 is 16.7. The van der Waals surface area contributed by atoms with Crippen LogP contribution < -0.4 is 10.5 Å². The van der Waals surface area contributed by atoms with Gasteiger partial charge in [-0.3, -0.25) is 0 Å². The van der Waals surface area contributed by atoms with E-state index in [0.717, 1.165) is 24.2 Å². The van der Waals surface area contributed by atoms with Crippen LogP contribution in [0.15, 0.2) is 18.2 Å². The third-order valence-electron chi connectivity index (χ3n) is 3.55. The minimum atomic E-state index is -0.286. The van der Waals surface area contributed by atoms with Gasteiger partial charge in [-0.2, -0.15) is 0 Å². The molecule has 1 aliphatic heterocycles. The van der Waals surface area contributed by atoms with Gasteiger partial charge in [-0.05, 0) is 18.2 Å². The molecule has 1 fully saturated rings. The first kappa shape index (κ1) is 14.6. The fourth-order valence-corrected chi connectivity index (χ4v) is 2.44. The van der Waals surface area contributed by atoms with Gasteiger partial charge in [0.2, 0.25) is 0 Å². The molecule has 2 N–H and O–H groups in total. The van der Waals surface area contributed by atoms with Crippen molar-refractivity contribution in [2.45, 2.75) is 25.0 Å². The van der Waals surface area contributed by atoms with Crippen molar-refractivity contribution < 1.29 is 14.2 Å². The monoisotopic (exact) mass is 285 g/mol. The normalized spacial score (nSPS) is 18.3. The number of halogens is 1. The summed E-state index contributed by atoms with van der Waals surface area (Å²) in [5, 5.41) is 0.674. The fraction of sp³-hybridized carbons (Fsp3) is 0.571. The Morgan fingerprint density at radius 3 is 2.74 bits per heavy atom. The lowest BCUT2D eigenvalue weighted by Crippen LogP contribution is -2.45. The molecule has 4 nitrogen and oxygen atoms in total. The minimum Gasteiger partial charge on any atom is -0.496 e. The van der Waals surface area contributed by atoms with Gasteiger partial charge >= 0.3 is 0 Å². The van der Waals surface area contributed by atoms with Crippen molar-refractivity contribution >= 4 is 11.6 Å². The summed E-state index contributed by atoms with van der Waals surface area (Å²) in [5.41, 5.74) is 6.52. The van der Waals surface area contributed by atoms with Crippen LogP contribution in [0.3, 0.4) is 0 Å². The molecule has 1 aromatic rings. The van der Waals surface area contributed by atoms with Gasteiger partial charge in [-0.25, -0.2) is 0 Å². The van der Waals surface area contributed by atoms with Crippen molar-refractivity contribution in [1.82, 2.24) is 0 Å². The van der Waals surface area contributed by atoms with Crippen LogP contribution in [-0.4, -0.2) is 32.5 Å². The van der Waals surface area contributed by atoms with Crippen molar-refractivity contribution in [3.63, 3.8) is 0 Å². The van der Waals surface area contributed by atoms with E-state index >= 15 is 0 Å². The maximum atomic E-state index is 6.06. The average molecular weight is 286 g/mol. The van der Waals surface area contributed by atoms with Crippen molar-refractivity contribution in [1.29, 1.82) is 0 Å². The van der Waals surface area contributed by atoms with E-state index in [2.05, 4.69) is 0 Å². The zero-order chi connectivity index (χ0) is 13.7. The molecular formula is C14H20ClNO3. The molecule has 0 aliphatic carbocycles. The number of nitrogens with two attached hydrogens (primary N) is 1. The van der Waals surface area contributed by atoms with Crippen molar-refractivity contribution in [3.05, 3.63) is 28.8 Å². The number of rotatable bonds is 5. The average Bonchev–Trinajstić information content (AvgIpc) is 2.46. The highest BCUT2D eigenvalue weighted by Crippen LogP contribution is 2.29. The zero-order valence-electron chi connectivity index (χ0n) is 11.2. The van der Waals surface area contributed by atoms with Gasteiger partial charge in [0.15, 0.2) is 0 Å². The van der Waals surface area contributed by atoms with Crippen LogP contribution in [0.1, 0.15) is 18.4 Å². The van der Waals surface area contributed by atoms with Crippen LogP contribution in [0.25, 0.3) is 0 Å². The van der Waals surface area contributed by atoms with Gasteiger partial charge < -0.3 is 19.9 Å². The van der Waals surface area contributed by atoms with Gasteiger partial charge in [0.05, 0.1) is 19.3 Å². The van der Waals surface area contributed by atoms with Gasteiger partial charge in [0.25, 0.3) is 0 Å². The molecule has 19 heavy (non-hydrogen) atoms. The van der Waals surface area contributed by atoms with Gasteiger partial charge in [-0.15, -0.1) is 0 Å². The molecule has 0 spiro atoms. The van der Waals surface area contributed by atoms with E-state index < -0.39 is 0 Å². The largest absolute Gasteiger partial charge is 0.496 e. The Morgan fingerprint density at radius 1 is 1.37 bits per heavy atom. The third kappa shape index (κ3) is 3.60. The molecule has 0 unspecified atom stereocenters. The summed E-state index contributed by atoms with van der Waals surface area (Å²) in [6.45, 7) is 2.34. The first-order valence-electron chi connectivity index (χ1n) is 6.43. The third-order valence-corrected chi connectivity index (χ3v) is 3.79. The highest BCUT2D eigenvalue weighted by atomic mass is 35.5. The number of benzene rings is 1. The summed E-state index contributed by atoms with van der Waals surface area (Å²) in [5.74, 6) is 0.781. The predicted octanol–water partition coefficient (Wildman–Crippen LogP) is 2.37. The Bertz CT molecular complexity index is 419. The number of methoxy groups -OCH3 is 1. The fourth-order valence-electron chi connectivity index (χ4n) is 2.24. The second kappa shape index (κ2) is 6.57. The highest BCUT2D eigenvalue weighted by molar-refractivity contribution is 6.30. The molecule has 1 saturated heterocycles. The SMILES string of the molecule is COc1ccc(Cl)cc1COC1(CN)CCOCC1. The summed E-state index contributed by atoms with van der Waals surface area (Å²) in [4.78, 5) is 0. The lowest BCUT2D eigenvalue weighted by molar-refractivity contribution is -0.112. The molecule has 2 rings (SSSR count). The molecule has 5 heteroatoms. The Labute approximate surface area is 118 Å². The standard InChI is InChI=1S/C14H20ClNO3/c1-17-13-3-2-12(15)8-11(13)9-19-14(10-16)4-6-18-7-5-14/h2-3,8H,4-7,9-10,16H2,1H3. The van der Waals surface area contributed by atoms with E-state index in [9.17, 15) is 0 Å². The van der Waals surface area contributed by atoms with Gasteiger partial charge in [0, 0.05) is 43.2 Å². The molecule has 106 valence electrons. The molecule has 0 saturated carbocycles. The summed E-state index contributed by atoms with van der Waals surface area (Å²) >= 11 is 6.01. The predicted molar refractivity (Wildman–Crippen MR) is 74.6 cm³/mol. The summed E-state index contributed by atoms with van der Waals surface area (Å²) in [6.07, 6.45) is 1.65. The van der Waals surface area contributed by atoms with Crippen molar-refractivity contribution in [2.24, 2.45) is 5.73 Å². The number of ether oxygens (including phenoxy) is 3. The van der Waals surface area contributed by atoms with Crippen LogP contribution in [-0.2, 0) is 16.1 Å². The minimum absolute atomic E-state index is 0.286. The van der Waals surface area contributed by atoms with Crippen LogP contribution in [0.5, 0.6) is 5.75 Å². The Hall–Kier alpha value is -0.810. The van der Waals surface area contributed by atoms with Gasteiger partial charge in [0.1, 0.15) is 5.75 Å². The maximum Gasteiger partial charge on any atom is 0.124 e. The van der Waals surface area contributed by atoms with Crippen molar-refractivity contribution in [3.8, 4) is 5.75 Å². The lowest BCUT2D eigenvalue weighted by atomic mass is 9.94. The molecule has 1 aromatic carbocycles. The quantitative estimate of drug-likeness (QED) is 0.902. The zero-order valence-corrected chi connectivity index (χ0v) is 11.9. The molecule has 0 radical (unpaired) electrons. The van der Waals surface area contributed by atoms with E-state index in [1.165, 1.54) is 0 Å². The van der Waals surface area contributed by atoms with E-state index in [0.29, 0.717) is 31.4 Å².